The molecule has 156 valence electrons. The molecule has 2 amide bonds. The number of esters is 1. The van der Waals surface area contributed by atoms with Gasteiger partial charge in [0.15, 0.2) is 6.54 Å². The van der Waals surface area contributed by atoms with Crippen LogP contribution in [0.1, 0.15) is 52.8 Å². The number of likely N-dealkylation sites (tertiary alicyclic amines) is 1. The average Bonchev–Trinajstić information content (AvgIpc) is 2.89. The van der Waals surface area contributed by atoms with Gasteiger partial charge in [-0.25, -0.2) is 4.79 Å². The van der Waals surface area contributed by atoms with E-state index in [0.29, 0.717) is 33.8 Å². The highest BCUT2D eigenvalue weighted by molar-refractivity contribution is 7.18. The van der Waals surface area contributed by atoms with Gasteiger partial charge in [-0.3, -0.25) is 9.59 Å². The van der Waals surface area contributed by atoms with Crippen LogP contribution in [0, 0.1) is 18.8 Å². The zero-order chi connectivity index (χ0) is 21.0. The summed E-state index contributed by atoms with van der Waals surface area (Å²) < 4.78 is 5.15. The molecule has 1 fully saturated rings. The second-order valence-electron chi connectivity index (χ2n) is 8.01. The molecule has 0 spiro atoms. The van der Waals surface area contributed by atoms with Gasteiger partial charge >= 0.3 is 5.97 Å². The quantitative estimate of drug-likeness (QED) is 0.696. The van der Waals surface area contributed by atoms with Crippen LogP contribution in [-0.4, -0.2) is 63.0 Å². The predicted octanol–water partition coefficient (Wildman–Crippen LogP) is 1.43. The second kappa shape index (κ2) is 9.52. The first-order valence-electron chi connectivity index (χ1n) is 9.79. The topological polar surface area (TPSA) is 80.1 Å². The van der Waals surface area contributed by atoms with Crippen LogP contribution in [-0.2, 0) is 9.53 Å². The van der Waals surface area contributed by atoms with Gasteiger partial charge < -0.3 is 19.9 Å². The third-order valence-corrected chi connectivity index (χ3v) is 6.16. The molecule has 1 aromatic heterocycles. The van der Waals surface area contributed by atoms with Crippen LogP contribution >= 0.6 is 11.3 Å². The van der Waals surface area contributed by atoms with E-state index in [-0.39, 0.29) is 24.0 Å². The van der Waals surface area contributed by atoms with Crippen molar-refractivity contribution in [3.05, 3.63) is 16.0 Å². The van der Waals surface area contributed by atoms with Crippen molar-refractivity contribution < 1.29 is 24.0 Å². The number of hydrogen-bond donors (Lipinski definition) is 2. The van der Waals surface area contributed by atoms with Gasteiger partial charge in [-0.2, -0.15) is 0 Å². The highest BCUT2D eigenvalue weighted by Crippen LogP contribution is 2.34. The third-order valence-electron chi connectivity index (χ3n) is 4.97. The molecule has 0 aromatic carbocycles. The molecule has 0 unspecified atom stereocenters. The molecule has 7 nitrogen and oxygen atoms in total. The van der Waals surface area contributed by atoms with Crippen molar-refractivity contribution in [3.8, 4) is 0 Å². The summed E-state index contributed by atoms with van der Waals surface area (Å²) in [6, 6.07) is 0. The van der Waals surface area contributed by atoms with E-state index in [9.17, 15) is 14.4 Å². The molecule has 0 aliphatic carbocycles. The fraction of sp³-hybridized carbons (Fsp3) is 0.650. The fourth-order valence-electron chi connectivity index (χ4n) is 3.92. The van der Waals surface area contributed by atoms with E-state index in [0.717, 1.165) is 24.4 Å². The van der Waals surface area contributed by atoms with E-state index in [2.05, 4.69) is 19.2 Å². The lowest BCUT2D eigenvalue weighted by molar-refractivity contribution is -0.904. The Balaban J connectivity index is 2.22. The van der Waals surface area contributed by atoms with Gasteiger partial charge in [0.1, 0.15) is 5.00 Å². The number of carbonyl (C=O) groups is 3. The van der Waals surface area contributed by atoms with Crippen molar-refractivity contribution in [2.75, 3.05) is 45.7 Å². The first-order valence-corrected chi connectivity index (χ1v) is 10.6. The van der Waals surface area contributed by atoms with Crippen molar-refractivity contribution in [1.82, 2.24) is 4.90 Å². The van der Waals surface area contributed by atoms with Crippen molar-refractivity contribution in [1.29, 1.82) is 0 Å². The largest absolute Gasteiger partial charge is 0.462 e. The maximum absolute atomic E-state index is 12.7. The molecule has 1 aliphatic heterocycles. The molecule has 2 heterocycles. The van der Waals surface area contributed by atoms with E-state index < -0.39 is 5.97 Å². The molecule has 0 radical (unpaired) electrons. The Bertz CT molecular complexity index is 734. The Labute approximate surface area is 171 Å². The van der Waals surface area contributed by atoms with Gasteiger partial charge in [0.25, 0.3) is 11.8 Å². The standard InChI is InChI=1S/C20H31N3O4S/c1-7-27-20(26)16-14(4)17(19(25)22(5)6)28-18(16)21-15(24)11-23-9-12(2)8-13(3)10-23/h12-13H,7-11H2,1-6H3,(H,21,24)/p+1/t12-,13-/m0/s1. The number of piperidine rings is 1. The summed E-state index contributed by atoms with van der Waals surface area (Å²) >= 11 is 1.13. The number of amides is 2. The number of carbonyl (C=O) groups excluding carboxylic acids is 3. The Morgan fingerprint density at radius 1 is 1.21 bits per heavy atom. The van der Waals surface area contributed by atoms with E-state index in [1.807, 2.05) is 0 Å². The van der Waals surface area contributed by atoms with E-state index in [1.54, 1.807) is 27.9 Å². The molecule has 0 bridgehead atoms. The smallest absolute Gasteiger partial charge is 0.341 e. The highest BCUT2D eigenvalue weighted by atomic mass is 32.1. The molecule has 1 aromatic rings. The van der Waals surface area contributed by atoms with E-state index in [1.165, 1.54) is 16.2 Å². The van der Waals surface area contributed by atoms with E-state index in [4.69, 9.17) is 4.74 Å². The van der Waals surface area contributed by atoms with Crippen molar-refractivity contribution >= 4 is 34.1 Å². The lowest BCUT2D eigenvalue weighted by atomic mass is 9.92. The summed E-state index contributed by atoms with van der Waals surface area (Å²) in [5, 5.41) is 3.26. The summed E-state index contributed by atoms with van der Waals surface area (Å²) in [5.74, 6) is 0.326. The summed E-state index contributed by atoms with van der Waals surface area (Å²) in [5.41, 5.74) is 0.825. The van der Waals surface area contributed by atoms with Crippen molar-refractivity contribution in [2.24, 2.45) is 11.8 Å². The number of nitrogens with zero attached hydrogens (tertiary/aromatic N) is 1. The fourth-order valence-corrected chi connectivity index (χ4v) is 5.15. The van der Waals surface area contributed by atoms with Crippen LogP contribution < -0.4 is 10.2 Å². The number of ether oxygens (including phenoxy) is 1. The van der Waals surface area contributed by atoms with Gasteiger partial charge in [0, 0.05) is 25.9 Å². The maximum Gasteiger partial charge on any atom is 0.341 e. The first-order chi connectivity index (χ1) is 13.1. The number of hydrogen-bond acceptors (Lipinski definition) is 5. The SMILES string of the molecule is CCOC(=O)c1c(NC(=O)C[NH+]2C[C@@H](C)C[C@H](C)C2)sc(C(=O)N(C)C)c1C. The number of anilines is 1. The molecule has 1 aliphatic rings. The summed E-state index contributed by atoms with van der Waals surface area (Å²) in [7, 11) is 3.32. The lowest BCUT2D eigenvalue weighted by Crippen LogP contribution is -3.15. The molecule has 1 saturated heterocycles. The van der Waals surface area contributed by atoms with Gasteiger partial charge in [0.2, 0.25) is 0 Å². The van der Waals surface area contributed by atoms with Crippen molar-refractivity contribution in [3.63, 3.8) is 0 Å². The third kappa shape index (κ3) is 5.32. The Morgan fingerprint density at radius 3 is 2.36 bits per heavy atom. The van der Waals surface area contributed by atoms with Gasteiger partial charge in [-0.05, 0) is 25.8 Å². The van der Waals surface area contributed by atoms with Crippen LogP contribution in [0.15, 0.2) is 0 Å². The Morgan fingerprint density at radius 2 is 1.82 bits per heavy atom. The van der Waals surface area contributed by atoms with Crippen LogP contribution in [0.5, 0.6) is 0 Å². The zero-order valence-electron chi connectivity index (χ0n) is 17.7. The number of thiophene rings is 1. The molecule has 28 heavy (non-hydrogen) atoms. The summed E-state index contributed by atoms with van der Waals surface area (Å²) in [6.45, 7) is 10.4. The number of quaternary nitrogens is 1. The zero-order valence-corrected chi connectivity index (χ0v) is 18.5. The maximum atomic E-state index is 12.7. The molecular formula is C20H32N3O4S+. The minimum absolute atomic E-state index is 0.146. The van der Waals surface area contributed by atoms with Gasteiger partial charge in [-0.15, -0.1) is 11.3 Å². The van der Waals surface area contributed by atoms with Gasteiger partial charge in [-0.1, -0.05) is 13.8 Å². The van der Waals surface area contributed by atoms with E-state index >= 15 is 0 Å². The summed E-state index contributed by atoms with van der Waals surface area (Å²) in [6.07, 6.45) is 1.19. The van der Waals surface area contributed by atoms with Crippen molar-refractivity contribution in [2.45, 2.75) is 34.1 Å². The minimum Gasteiger partial charge on any atom is -0.462 e. The van der Waals surface area contributed by atoms with Crippen LogP contribution in [0.25, 0.3) is 0 Å². The monoisotopic (exact) mass is 410 g/mol. The highest BCUT2D eigenvalue weighted by Gasteiger charge is 2.30. The Kier molecular flexibility index (Phi) is 7.60. The first kappa shape index (κ1) is 22.4. The Hall–Kier alpha value is -1.93. The molecule has 2 rings (SSSR count). The lowest BCUT2D eigenvalue weighted by Gasteiger charge is -2.31. The minimum atomic E-state index is -0.517. The molecule has 0 saturated carbocycles. The molecule has 2 N–H and O–H groups in total. The van der Waals surface area contributed by atoms with Crippen LogP contribution in [0.3, 0.4) is 0 Å². The molecule has 2 atom stereocenters. The van der Waals surface area contributed by atoms with Gasteiger partial charge in [0.05, 0.1) is 30.1 Å². The number of nitrogens with one attached hydrogen (secondary N) is 2. The van der Waals surface area contributed by atoms with Crippen LogP contribution in [0.4, 0.5) is 5.00 Å². The predicted molar refractivity (Wildman–Crippen MR) is 110 cm³/mol. The second-order valence-corrected chi connectivity index (χ2v) is 9.03. The molecule has 8 heteroatoms. The van der Waals surface area contributed by atoms with Crippen LogP contribution in [0.2, 0.25) is 0 Å². The number of rotatable bonds is 6. The average molecular weight is 411 g/mol. The normalized spacial score (nSPS) is 21.9. The molecular weight excluding hydrogens is 378 g/mol. The summed E-state index contributed by atoms with van der Waals surface area (Å²) in [4.78, 5) is 40.7.